The summed E-state index contributed by atoms with van der Waals surface area (Å²) in [6.07, 6.45) is 0.246. The molecule has 0 aliphatic rings. The largest absolute Gasteiger partial charge is 0.447 e. The molecule has 0 atom stereocenters. The standard InChI is InChI=1S/C20H23Cl2N3O3/c1-3-14-7-4-5-10-17(14)24-20(27)28-12-11-25(2)19(26)23-13-15-8-6-9-16(21)18(15)22/h4-10H,3,11-13H2,1-2H3,(H,23,26)(H,24,27). The van der Waals surface area contributed by atoms with Crippen LogP contribution in [0.3, 0.4) is 0 Å². The van der Waals surface area contributed by atoms with Crippen molar-refractivity contribution < 1.29 is 14.3 Å². The van der Waals surface area contributed by atoms with E-state index in [0.717, 1.165) is 23.2 Å². The number of aryl methyl sites for hydroxylation is 1. The molecule has 2 aromatic carbocycles. The highest BCUT2D eigenvalue weighted by Crippen LogP contribution is 2.25. The number of anilines is 1. The van der Waals surface area contributed by atoms with Gasteiger partial charge in [0.15, 0.2) is 0 Å². The van der Waals surface area contributed by atoms with Crippen LogP contribution in [0.15, 0.2) is 42.5 Å². The first kappa shape index (κ1) is 21.9. The van der Waals surface area contributed by atoms with Gasteiger partial charge >= 0.3 is 12.1 Å². The van der Waals surface area contributed by atoms with E-state index in [-0.39, 0.29) is 25.7 Å². The van der Waals surface area contributed by atoms with Gasteiger partial charge in [0.1, 0.15) is 6.61 Å². The van der Waals surface area contributed by atoms with Crippen molar-refractivity contribution in [1.29, 1.82) is 0 Å². The van der Waals surface area contributed by atoms with E-state index in [0.29, 0.717) is 10.0 Å². The first-order chi connectivity index (χ1) is 13.4. The first-order valence-electron chi connectivity index (χ1n) is 8.86. The quantitative estimate of drug-likeness (QED) is 0.661. The van der Waals surface area contributed by atoms with E-state index in [9.17, 15) is 9.59 Å². The van der Waals surface area contributed by atoms with E-state index in [1.165, 1.54) is 4.90 Å². The van der Waals surface area contributed by atoms with Crippen molar-refractivity contribution >= 4 is 41.0 Å². The third-order valence-corrected chi connectivity index (χ3v) is 4.96. The lowest BCUT2D eigenvalue weighted by Gasteiger charge is -2.18. The summed E-state index contributed by atoms with van der Waals surface area (Å²) in [6, 6.07) is 12.5. The average Bonchev–Trinajstić information content (AvgIpc) is 2.69. The number of carbonyl (C=O) groups is 2. The molecule has 2 rings (SSSR count). The van der Waals surface area contributed by atoms with Gasteiger partial charge in [-0.05, 0) is 29.7 Å². The highest BCUT2D eigenvalue weighted by molar-refractivity contribution is 6.42. The Kier molecular flexibility index (Phi) is 8.42. The molecule has 0 heterocycles. The van der Waals surface area contributed by atoms with Gasteiger partial charge in [-0.2, -0.15) is 0 Å². The molecule has 150 valence electrons. The fraction of sp³-hybridized carbons (Fsp3) is 0.300. The maximum Gasteiger partial charge on any atom is 0.411 e. The molecule has 0 radical (unpaired) electrons. The predicted octanol–water partition coefficient (Wildman–Crippen LogP) is 4.95. The molecular weight excluding hydrogens is 401 g/mol. The number of nitrogens with zero attached hydrogens (tertiary/aromatic N) is 1. The minimum absolute atomic E-state index is 0.0714. The molecule has 0 aromatic heterocycles. The molecule has 0 saturated carbocycles. The van der Waals surface area contributed by atoms with Crippen molar-refractivity contribution in [3.05, 3.63) is 63.6 Å². The van der Waals surface area contributed by atoms with E-state index >= 15 is 0 Å². The normalized spacial score (nSPS) is 10.3. The third-order valence-electron chi connectivity index (χ3n) is 4.10. The number of ether oxygens (including phenoxy) is 1. The molecule has 0 fully saturated rings. The number of rotatable bonds is 7. The first-order valence-corrected chi connectivity index (χ1v) is 9.61. The lowest BCUT2D eigenvalue weighted by Crippen LogP contribution is -2.39. The van der Waals surface area contributed by atoms with Gasteiger partial charge in [-0.1, -0.05) is 60.5 Å². The molecule has 0 unspecified atom stereocenters. The van der Waals surface area contributed by atoms with Gasteiger partial charge in [-0.25, -0.2) is 9.59 Å². The second-order valence-electron chi connectivity index (χ2n) is 6.06. The van der Waals surface area contributed by atoms with Crippen LogP contribution in [0.2, 0.25) is 10.0 Å². The Balaban J connectivity index is 1.74. The van der Waals surface area contributed by atoms with Gasteiger partial charge in [0, 0.05) is 19.3 Å². The Labute approximate surface area is 174 Å². The summed E-state index contributed by atoms with van der Waals surface area (Å²) < 4.78 is 5.15. The molecule has 8 heteroatoms. The van der Waals surface area contributed by atoms with Crippen molar-refractivity contribution in [1.82, 2.24) is 10.2 Å². The number of carbonyl (C=O) groups excluding carboxylic acids is 2. The van der Waals surface area contributed by atoms with Crippen LogP contribution in [0.4, 0.5) is 15.3 Å². The Bertz CT molecular complexity index is 830. The number of hydrogen-bond donors (Lipinski definition) is 2. The fourth-order valence-corrected chi connectivity index (χ4v) is 2.85. The van der Waals surface area contributed by atoms with Gasteiger partial charge in [-0.3, -0.25) is 5.32 Å². The zero-order valence-electron chi connectivity index (χ0n) is 15.8. The number of amides is 3. The van der Waals surface area contributed by atoms with Gasteiger partial charge in [0.05, 0.1) is 16.6 Å². The molecule has 2 aromatic rings. The van der Waals surface area contributed by atoms with Crippen LogP contribution in [0.5, 0.6) is 0 Å². The van der Waals surface area contributed by atoms with Crippen LogP contribution in [-0.2, 0) is 17.7 Å². The van der Waals surface area contributed by atoms with Crippen molar-refractivity contribution in [3.8, 4) is 0 Å². The van der Waals surface area contributed by atoms with Gasteiger partial charge in [0.25, 0.3) is 0 Å². The molecule has 0 saturated heterocycles. The molecular formula is C20H23Cl2N3O3. The zero-order chi connectivity index (χ0) is 20.5. The van der Waals surface area contributed by atoms with E-state index < -0.39 is 6.09 Å². The summed E-state index contributed by atoms with van der Waals surface area (Å²) in [5.74, 6) is 0. The van der Waals surface area contributed by atoms with E-state index in [1.807, 2.05) is 31.2 Å². The molecule has 6 nitrogen and oxygen atoms in total. The number of nitrogens with one attached hydrogen (secondary N) is 2. The molecule has 0 aliphatic heterocycles. The van der Waals surface area contributed by atoms with Gasteiger partial charge < -0.3 is 15.0 Å². The lowest BCUT2D eigenvalue weighted by molar-refractivity contribution is 0.146. The van der Waals surface area contributed by atoms with Crippen molar-refractivity contribution in [2.75, 3.05) is 25.5 Å². The minimum atomic E-state index is -0.555. The fourth-order valence-electron chi connectivity index (χ4n) is 2.46. The van der Waals surface area contributed by atoms with Gasteiger partial charge in [-0.15, -0.1) is 0 Å². The number of para-hydroxylation sites is 1. The number of benzene rings is 2. The number of urea groups is 1. The van der Waals surface area contributed by atoms with Crippen LogP contribution >= 0.6 is 23.2 Å². The molecule has 28 heavy (non-hydrogen) atoms. The van der Waals surface area contributed by atoms with Crippen LogP contribution < -0.4 is 10.6 Å². The number of hydrogen-bond acceptors (Lipinski definition) is 3. The highest BCUT2D eigenvalue weighted by atomic mass is 35.5. The summed E-state index contributed by atoms with van der Waals surface area (Å²) in [5.41, 5.74) is 2.47. The van der Waals surface area contributed by atoms with Crippen LogP contribution in [-0.4, -0.2) is 37.2 Å². The summed E-state index contributed by atoms with van der Waals surface area (Å²) in [5, 5.41) is 6.31. The molecule has 2 N–H and O–H groups in total. The molecule has 3 amide bonds. The summed E-state index contributed by atoms with van der Waals surface area (Å²) >= 11 is 12.1. The van der Waals surface area contributed by atoms with Gasteiger partial charge in [0.2, 0.25) is 0 Å². The van der Waals surface area contributed by atoms with Crippen molar-refractivity contribution in [2.45, 2.75) is 19.9 Å². The highest BCUT2D eigenvalue weighted by Gasteiger charge is 2.12. The van der Waals surface area contributed by atoms with E-state index in [4.69, 9.17) is 27.9 Å². The lowest BCUT2D eigenvalue weighted by atomic mass is 10.1. The Hall–Kier alpha value is -2.44. The second-order valence-corrected chi connectivity index (χ2v) is 6.85. The molecule has 0 spiro atoms. The van der Waals surface area contributed by atoms with Crippen LogP contribution in [0.1, 0.15) is 18.1 Å². The summed E-state index contributed by atoms with van der Waals surface area (Å²) in [4.78, 5) is 25.5. The molecule has 0 aliphatic carbocycles. The Morgan fingerprint density at radius 1 is 1.07 bits per heavy atom. The van der Waals surface area contributed by atoms with E-state index in [1.54, 1.807) is 25.2 Å². The van der Waals surface area contributed by atoms with Crippen LogP contribution in [0, 0.1) is 0 Å². The monoisotopic (exact) mass is 423 g/mol. The third kappa shape index (κ3) is 6.32. The SMILES string of the molecule is CCc1ccccc1NC(=O)OCCN(C)C(=O)NCc1cccc(Cl)c1Cl. The predicted molar refractivity (Wildman–Crippen MR) is 112 cm³/mol. The van der Waals surface area contributed by atoms with Crippen LogP contribution in [0.25, 0.3) is 0 Å². The zero-order valence-corrected chi connectivity index (χ0v) is 17.3. The Morgan fingerprint density at radius 3 is 2.54 bits per heavy atom. The average molecular weight is 424 g/mol. The summed E-state index contributed by atoms with van der Waals surface area (Å²) in [6.45, 7) is 2.58. The topological polar surface area (TPSA) is 70.7 Å². The maximum atomic E-state index is 12.1. The van der Waals surface area contributed by atoms with Crippen molar-refractivity contribution in [2.24, 2.45) is 0 Å². The maximum absolute atomic E-state index is 12.1. The molecule has 0 bridgehead atoms. The number of halogens is 2. The second kappa shape index (κ2) is 10.8. The smallest absolute Gasteiger partial charge is 0.411 e. The van der Waals surface area contributed by atoms with E-state index in [2.05, 4.69) is 10.6 Å². The minimum Gasteiger partial charge on any atom is -0.447 e. The van der Waals surface area contributed by atoms with Crippen molar-refractivity contribution in [3.63, 3.8) is 0 Å². The summed E-state index contributed by atoms with van der Waals surface area (Å²) in [7, 11) is 1.61. The Morgan fingerprint density at radius 2 is 1.79 bits per heavy atom. The number of likely N-dealkylation sites (N-methyl/N-ethyl adjacent to an activating group) is 1.